The van der Waals surface area contributed by atoms with Crippen molar-refractivity contribution in [1.29, 1.82) is 0 Å². The highest BCUT2D eigenvalue weighted by atomic mass is 35.5. The lowest BCUT2D eigenvalue weighted by Crippen LogP contribution is -2.03. The van der Waals surface area contributed by atoms with Crippen molar-refractivity contribution in [3.05, 3.63) is 59.9 Å². The largest absolute Gasteiger partial charge is 0.295 e. The van der Waals surface area contributed by atoms with Crippen molar-refractivity contribution < 1.29 is 8.78 Å². The number of alkyl halides is 1. The molecule has 0 spiro atoms. The van der Waals surface area contributed by atoms with E-state index in [1.807, 2.05) is 24.3 Å². The molecule has 0 bridgehead atoms. The Kier molecular flexibility index (Phi) is 3.18. The van der Waals surface area contributed by atoms with Crippen LogP contribution in [-0.4, -0.2) is 9.55 Å². The van der Waals surface area contributed by atoms with Gasteiger partial charge in [0.15, 0.2) is 0 Å². The lowest BCUT2D eigenvalue weighted by atomic mass is 10.2. The SMILES string of the molecule is CC(Cl)c1nc2ccccc2n1-c1cc(F)cc(F)c1. The van der Waals surface area contributed by atoms with Gasteiger partial charge in [-0.05, 0) is 31.2 Å². The van der Waals surface area contributed by atoms with E-state index >= 15 is 0 Å². The van der Waals surface area contributed by atoms with E-state index in [9.17, 15) is 8.78 Å². The molecule has 1 atom stereocenters. The van der Waals surface area contributed by atoms with E-state index < -0.39 is 11.6 Å². The number of para-hydroxylation sites is 2. The highest BCUT2D eigenvalue weighted by molar-refractivity contribution is 6.20. The molecule has 5 heteroatoms. The van der Waals surface area contributed by atoms with Gasteiger partial charge >= 0.3 is 0 Å². The van der Waals surface area contributed by atoms with Crippen LogP contribution in [0, 0.1) is 11.6 Å². The van der Waals surface area contributed by atoms with Crippen molar-refractivity contribution in [2.24, 2.45) is 0 Å². The Bertz CT molecular complexity index is 760. The summed E-state index contributed by atoms with van der Waals surface area (Å²) in [7, 11) is 0. The number of nitrogens with zero attached hydrogens (tertiary/aromatic N) is 2. The molecule has 1 heterocycles. The molecule has 2 nitrogen and oxygen atoms in total. The van der Waals surface area contributed by atoms with Crippen LogP contribution in [0.25, 0.3) is 16.7 Å². The Balaban J connectivity index is 2.36. The zero-order valence-electron chi connectivity index (χ0n) is 10.6. The summed E-state index contributed by atoms with van der Waals surface area (Å²) in [6, 6.07) is 10.7. The molecule has 102 valence electrons. The van der Waals surface area contributed by atoms with E-state index in [0.29, 0.717) is 11.5 Å². The van der Waals surface area contributed by atoms with Crippen LogP contribution in [0.4, 0.5) is 8.78 Å². The second-order valence-corrected chi connectivity index (χ2v) is 5.19. The van der Waals surface area contributed by atoms with E-state index in [2.05, 4.69) is 4.98 Å². The maximum atomic E-state index is 13.4. The van der Waals surface area contributed by atoms with Gasteiger partial charge in [0.1, 0.15) is 17.5 Å². The number of halogens is 3. The summed E-state index contributed by atoms with van der Waals surface area (Å²) in [5.74, 6) is -0.713. The molecule has 0 aliphatic rings. The first-order chi connectivity index (χ1) is 9.56. The second-order valence-electron chi connectivity index (χ2n) is 4.54. The highest BCUT2D eigenvalue weighted by Gasteiger charge is 2.17. The van der Waals surface area contributed by atoms with Gasteiger partial charge in [-0.3, -0.25) is 4.57 Å². The third-order valence-corrected chi connectivity index (χ3v) is 3.24. The van der Waals surface area contributed by atoms with Crippen LogP contribution in [0.1, 0.15) is 18.1 Å². The number of benzene rings is 2. The molecule has 3 rings (SSSR count). The average molecular weight is 293 g/mol. The van der Waals surface area contributed by atoms with Gasteiger partial charge in [-0.25, -0.2) is 13.8 Å². The predicted molar refractivity (Wildman–Crippen MR) is 75.3 cm³/mol. The maximum Gasteiger partial charge on any atom is 0.132 e. The summed E-state index contributed by atoms with van der Waals surface area (Å²) in [6.07, 6.45) is 0. The van der Waals surface area contributed by atoms with E-state index in [1.165, 1.54) is 12.1 Å². The number of imidazole rings is 1. The topological polar surface area (TPSA) is 17.8 Å². The summed E-state index contributed by atoms with van der Waals surface area (Å²) >= 11 is 6.14. The molecule has 0 saturated heterocycles. The van der Waals surface area contributed by atoms with Crippen molar-refractivity contribution in [2.45, 2.75) is 12.3 Å². The van der Waals surface area contributed by atoms with Gasteiger partial charge in [-0.1, -0.05) is 12.1 Å². The lowest BCUT2D eigenvalue weighted by Gasteiger charge is -2.11. The molecule has 0 N–H and O–H groups in total. The fourth-order valence-electron chi connectivity index (χ4n) is 2.25. The van der Waals surface area contributed by atoms with E-state index in [4.69, 9.17) is 11.6 Å². The summed E-state index contributed by atoms with van der Waals surface area (Å²) in [5, 5.41) is -0.381. The fourth-order valence-corrected chi connectivity index (χ4v) is 2.40. The molecule has 0 saturated carbocycles. The fraction of sp³-hybridized carbons (Fsp3) is 0.133. The lowest BCUT2D eigenvalue weighted by molar-refractivity contribution is 0.581. The third kappa shape index (κ3) is 2.16. The van der Waals surface area contributed by atoms with Crippen molar-refractivity contribution in [3.63, 3.8) is 0 Å². The van der Waals surface area contributed by atoms with Crippen molar-refractivity contribution >= 4 is 22.6 Å². The predicted octanol–water partition coefficient (Wildman–Crippen LogP) is 4.60. The van der Waals surface area contributed by atoms with Crippen LogP contribution in [0.15, 0.2) is 42.5 Å². The number of hydrogen-bond donors (Lipinski definition) is 0. The van der Waals surface area contributed by atoms with Gasteiger partial charge in [0.05, 0.1) is 22.1 Å². The molecule has 0 fully saturated rings. The molecule has 3 aromatic rings. The molecule has 0 aliphatic heterocycles. The van der Waals surface area contributed by atoms with Crippen molar-refractivity contribution in [2.75, 3.05) is 0 Å². The Morgan fingerprint density at radius 1 is 1.10 bits per heavy atom. The molecule has 2 aromatic carbocycles. The molecule has 0 amide bonds. The smallest absolute Gasteiger partial charge is 0.132 e. The zero-order valence-corrected chi connectivity index (χ0v) is 11.4. The monoisotopic (exact) mass is 292 g/mol. The first-order valence-electron chi connectivity index (χ1n) is 6.14. The van der Waals surface area contributed by atoms with Gasteiger partial charge in [0.2, 0.25) is 0 Å². The average Bonchev–Trinajstić information content (AvgIpc) is 2.77. The van der Waals surface area contributed by atoms with Gasteiger partial charge in [0.25, 0.3) is 0 Å². The van der Waals surface area contributed by atoms with E-state index in [1.54, 1.807) is 11.5 Å². The molecule has 1 aromatic heterocycles. The summed E-state index contributed by atoms with van der Waals surface area (Å²) in [4.78, 5) is 4.43. The third-order valence-electron chi connectivity index (χ3n) is 3.05. The number of aromatic nitrogens is 2. The normalized spacial score (nSPS) is 12.8. The molecule has 0 aliphatic carbocycles. The van der Waals surface area contributed by atoms with Gasteiger partial charge in [-0.2, -0.15) is 0 Å². The van der Waals surface area contributed by atoms with Crippen LogP contribution in [0.2, 0.25) is 0 Å². The second kappa shape index (κ2) is 4.87. The van der Waals surface area contributed by atoms with Gasteiger partial charge < -0.3 is 0 Å². The number of fused-ring (bicyclic) bond motifs is 1. The Hall–Kier alpha value is -1.94. The van der Waals surface area contributed by atoms with Crippen LogP contribution >= 0.6 is 11.6 Å². The molecular weight excluding hydrogens is 282 g/mol. The standard InChI is InChI=1S/C15H11ClF2N2/c1-9(16)15-19-13-4-2-3-5-14(13)20(15)12-7-10(17)6-11(18)8-12/h2-9H,1H3. The maximum absolute atomic E-state index is 13.4. The number of hydrogen-bond acceptors (Lipinski definition) is 1. The minimum Gasteiger partial charge on any atom is -0.295 e. The Labute approximate surface area is 119 Å². The zero-order chi connectivity index (χ0) is 14.3. The Morgan fingerprint density at radius 3 is 2.40 bits per heavy atom. The first kappa shape index (κ1) is 13.1. The summed E-state index contributed by atoms with van der Waals surface area (Å²) in [5.41, 5.74) is 1.87. The Morgan fingerprint density at radius 2 is 1.75 bits per heavy atom. The van der Waals surface area contributed by atoms with Crippen LogP contribution in [0.5, 0.6) is 0 Å². The molecule has 20 heavy (non-hydrogen) atoms. The van der Waals surface area contributed by atoms with Crippen molar-refractivity contribution in [1.82, 2.24) is 9.55 Å². The number of rotatable bonds is 2. The van der Waals surface area contributed by atoms with Crippen molar-refractivity contribution in [3.8, 4) is 5.69 Å². The summed E-state index contributed by atoms with van der Waals surface area (Å²) < 4.78 is 28.6. The van der Waals surface area contributed by atoms with Gasteiger partial charge in [-0.15, -0.1) is 11.6 Å². The van der Waals surface area contributed by atoms with E-state index in [0.717, 1.165) is 17.1 Å². The quantitative estimate of drug-likeness (QED) is 0.631. The molecular formula is C15H11ClF2N2. The highest BCUT2D eigenvalue weighted by Crippen LogP contribution is 2.28. The van der Waals surface area contributed by atoms with Crippen LogP contribution < -0.4 is 0 Å². The van der Waals surface area contributed by atoms with Crippen LogP contribution in [-0.2, 0) is 0 Å². The summed E-state index contributed by atoms with van der Waals surface area (Å²) in [6.45, 7) is 1.77. The molecule has 1 unspecified atom stereocenters. The minimum atomic E-state index is -0.633. The van der Waals surface area contributed by atoms with E-state index in [-0.39, 0.29) is 5.38 Å². The first-order valence-corrected chi connectivity index (χ1v) is 6.58. The van der Waals surface area contributed by atoms with Crippen LogP contribution in [0.3, 0.4) is 0 Å². The molecule has 0 radical (unpaired) electrons. The minimum absolute atomic E-state index is 0.374. The van der Waals surface area contributed by atoms with Gasteiger partial charge in [0, 0.05) is 6.07 Å².